The Bertz CT molecular complexity index is 576. The first-order valence-electron chi connectivity index (χ1n) is 10.8. The molecule has 2 heteroatoms. The fourth-order valence-electron chi connectivity index (χ4n) is 3.72. The van der Waals surface area contributed by atoms with Crippen molar-refractivity contribution in [3.05, 3.63) is 42.6 Å². The van der Waals surface area contributed by atoms with Crippen LogP contribution in [0.25, 0.3) is 10.9 Å². The highest BCUT2D eigenvalue weighted by Crippen LogP contribution is 2.13. The molecule has 0 atom stereocenters. The number of hydrogen-bond donors (Lipinski definition) is 0. The monoisotopic (exact) mass is 467 g/mol. The molecule has 0 aliphatic heterocycles. The lowest BCUT2D eigenvalue weighted by Gasteiger charge is -2.03. The van der Waals surface area contributed by atoms with E-state index < -0.39 is 0 Å². The molecule has 0 unspecified atom stereocenters. The first-order chi connectivity index (χ1) is 12.4. The van der Waals surface area contributed by atoms with Crippen molar-refractivity contribution in [2.75, 3.05) is 0 Å². The largest absolute Gasteiger partial charge is 1.00 e. The van der Waals surface area contributed by atoms with Crippen molar-refractivity contribution >= 4 is 10.9 Å². The summed E-state index contributed by atoms with van der Waals surface area (Å²) >= 11 is 0. The number of rotatable bonds is 14. The fraction of sp³-hybridized carbons (Fsp3) is 0.625. The van der Waals surface area contributed by atoms with Crippen LogP contribution in [0, 0.1) is 0 Å². The molecule has 0 saturated heterocycles. The zero-order valence-electron chi connectivity index (χ0n) is 16.8. The number of fused-ring (bicyclic) bond motifs is 1. The molecular weight excluding hydrogens is 429 g/mol. The Kier molecular flexibility index (Phi) is 13.9. The van der Waals surface area contributed by atoms with Gasteiger partial charge in [0, 0.05) is 23.9 Å². The molecule has 0 bridgehead atoms. The van der Waals surface area contributed by atoms with Crippen molar-refractivity contribution in [1.29, 1.82) is 0 Å². The van der Waals surface area contributed by atoms with Crippen LogP contribution in [0.1, 0.15) is 90.4 Å². The maximum absolute atomic E-state index is 2.41. The Balaban J connectivity index is 0.00000338. The van der Waals surface area contributed by atoms with Gasteiger partial charge in [0.05, 0.1) is 0 Å². The van der Waals surface area contributed by atoms with Gasteiger partial charge in [-0.1, -0.05) is 89.7 Å². The van der Waals surface area contributed by atoms with Crippen molar-refractivity contribution in [2.45, 2.75) is 96.9 Å². The van der Waals surface area contributed by atoms with E-state index in [2.05, 4.69) is 54.1 Å². The number of hydrogen-bond acceptors (Lipinski definition) is 0. The Morgan fingerprint density at radius 2 is 1.12 bits per heavy atom. The van der Waals surface area contributed by atoms with Crippen molar-refractivity contribution < 1.29 is 28.5 Å². The minimum absolute atomic E-state index is 0. The molecule has 26 heavy (non-hydrogen) atoms. The number of benzene rings is 1. The smallest absolute Gasteiger partial charge is 0.212 e. The summed E-state index contributed by atoms with van der Waals surface area (Å²) in [5.41, 5.74) is 1.36. The molecule has 0 N–H and O–H groups in total. The molecule has 0 fully saturated rings. The van der Waals surface area contributed by atoms with Crippen LogP contribution in [-0.2, 0) is 6.54 Å². The van der Waals surface area contributed by atoms with Gasteiger partial charge in [0.25, 0.3) is 0 Å². The second-order valence-corrected chi connectivity index (χ2v) is 7.50. The van der Waals surface area contributed by atoms with Gasteiger partial charge in [-0.25, -0.2) is 0 Å². The molecule has 1 aromatic carbocycles. The van der Waals surface area contributed by atoms with Crippen LogP contribution in [0.4, 0.5) is 0 Å². The van der Waals surface area contributed by atoms with E-state index in [9.17, 15) is 0 Å². The lowest BCUT2D eigenvalue weighted by Crippen LogP contribution is -3.00. The topological polar surface area (TPSA) is 3.88 Å². The standard InChI is InChI=1S/C24H38N.HI/c1-2-3-4-5-6-7-8-9-10-11-12-13-16-21-25-22-17-19-23-18-14-15-20-24(23)25;/h14-15,17-20,22H,2-13,16,21H2,1H3;1H/q+1;/p-1. The van der Waals surface area contributed by atoms with E-state index in [4.69, 9.17) is 0 Å². The van der Waals surface area contributed by atoms with Gasteiger partial charge in [0.15, 0.2) is 6.20 Å². The predicted molar refractivity (Wildman–Crippen MR) is 110 cm³/mol. The zero-order chi connectivity index (χ0) is 17.6. The minimum Gasteiger partial charge on any atom is -1.00 e. The molecule has 1 nitrogen and oxygen atoms in total. The third kappa shape index (κ3) is 9.34. The summed E-state index contributed by atoms with van der Waals surface area (Å²) in [6.07, 6.45) is 20.7. The summed E-state index contributed by atoms with van der Waals surface area (Å²) < 4.78 is 2.41. The highest BCUT2D eigenvalue weighted by atomic mass is 127. The highest BCUT2D eigenvalue weighted by Gasteiger charge is 2.06. The number of unbranched alkanes of at least 4 members (excludes halogenated alkanes) is 12. The normalized spacial score (nSPS) is 10.8. The van der Waals surface area contributed by atoms with Crippen LogP contribution in [-0.4, -0.2) is 0 Å². The lowest BCUT2D eigenvalue weighted by atomic mass is 10.0. The molecule has 1 aromatic heterocycles. The van der Waals surface area contributed by atoms with E-state index in [1.54, 1.807) is 0 Å². The van der Waals surface area contributed by atoms with Gasteiger partial charge in [-0.2, -0.15) is 4.57 Å². The van der Waals surface area contributed by atoms with Gasteiger partial charge in [-0.15, -0.1) is 0 Å². The van der Waals surface area contributed by atoms with Crippen LogP contribution in [0.3, 0.4) is 0 Å². The quantitative estimate of drug-likeness (QED) is 0.223. The Hall–Kier alpha value is -0.640. The first kappa shape index (κ1) is 23.4. The van der Waals surface area contributed by atoms with Crippen LogP contribution in [0.15, 0.2) is 42.6 Å². The maximum atomic E-state index is 2.41. The van der Waals surface area contributed by atoms with Crippen molar-refractivity contribution in [3.63, 3.8) is 0 Å². The number of nitrogens with zero attached hydrogens (tertiary/aromatic N) is 1. The average Bonchev–Trinajstić information content (AvgIpc) is 2.65. The summed E-state index contributed by atoms with van der Waals surface area (Å²) in [5, 5.41) is 1.35. The third-order valence-corrected chi connectivity index (χ3v) is 5.29. The van der Waals surface area contributed by atoms with Crippen LogP contribution < -0.4 is 28.5 Å². The van der Waals surface area contributed by atoms with Crippen LogP contribution >= 0.6 is 0 Å². The molecule has 1 heterocycles. The fourth-order valence-corrected chi connectivity index (χ4v) is 3.72. The van der Waals surface area contributed by atoms with E-state index in [0.29, 0.717) is 0 Å². The van der Waals surface area contributed by atoms with Crippen LogP contribution in [0.2, 0.25) is 0 Å². The number of pyridine rings is 1. The SMILES string of the molecule is CCCCCCCCCCCCCCC[n+]1cccc2ccccc21.[I-]. The van der Waals surface area contributed by atoms with E-state index in [-0.39, 0.29) is 24.0 Å². The van der Waals surface area contributed by atoms with E-state index >= 15 is 0 Å². The summed E-state index contributed by atoms with van der Waals surface area (Å²) in [6.45, 7) is 3.44. The molecule has 0 saturated carbocycles. The Morgan fingerprint density at radius 3 is 1.73 bits per heavy atom. The number of halogens is 1. The lowest BCUT2D eigenvalue weighted by molar-refractivity contribution is -0.671. The third-order valence-electron chi connectivity index (χ3n) is 5.29. The average molecular weight is 467 g/mol. The molecule has 2 aromatic rings. The second-order valence-electron chi connectivity index (χ2n) is 7.50. The summed E-state index contributed by atoms with van der Waals surface area (Å²) in [5.74, 6) is 0. The van der Waals surface area contributed by atoms with Crippen LogP contribution in [0.5, 0.6) is 0 Å². The molecule has 0 spiro atoms. The zero-order valence-corrected chi connectivity index (χ0v) is 18.9. The van der Waals surface area contributed by atoms with E-state index in [1.807, 2.05) is 0 Å². The number of aromatic nitrogens is 1. The molecule has 0 amide bonds. The Morgan fingerprint density at radius 1 is 0.615 bits per heavy atom. The number of aryl methyl sites for hydroxylation is 1. The Labute approximate surface area is 178 Å². The predicted octanol–water partition coefficient (Wildman–Crippen LogP) is 4.22. The van der Waals surface area contributed by atoms with Gasteiger partial charge >= 0.3 is 0 Å². The summed E-state index contributed by atoms with van der Waals surface area (Å²) in [7, 11) is 0. The molecule has 146 valence electrons. The van der Waals surface area contributed by atoms with Crippen molar-refractivity contribution in [2.24, 2.45) is 0 Å². The highest BCUT2D eigenvalue weighted by molar-refractivity contribution is 5.74. The minimum atomic E-state index is 0. The first-order valence-corrected chi connectivity index (χ1v) is 10.8. The van der Waals surface area contributed by atoms with Crippen molar-refractivity contribution in [1.82, 2.24) is 0 Å². The second kappa shape index (κ2) is 15.4. The molecule has 2 rings (SSSR count). The molecular formula is C24H38IN. The molecule has 0 radical (unpaired) electrons. The maximum Gasteiger partial charge on any atom is 0.212 e. The number of para-hydroxylation sites is 1. The van der Waals surface area contributed by atoms with E-state index in [1.165, 1.54) is 94.4 Å². The van der Waals surface area contributed by atoms with Gasteiger partial charge in [-0.3, -0.25) is 0 Å². The van der Waals surface area contributed by atoms with E-state index in [0.717, 1.165) is 6.54 Å². The van der Waals surface area contributed by atoms with Gasteiger partial charge < -0.3 is 24.0 Å². The van der Waals surface area contributed by atoms with Gasteiger partial charge in [-0.05, 0) is 18.6 Å². The van der Waals surface area contributed by atoms with Crippen molar-refractivity contribution in [3.8, 4) is 0 Å². The van der Waals surface area contributed by atoms with Gasteiger partial charge in [0.2, 0.25) is 5.52 Å². The molecule has 0 aliphatic rings. The summed E-state index contributed by atoms with van der Waals surface area (Å²) in [6, 6.07) is 13.1. The molecule has 0 aliphatic carbocycles. The van der Waals surface area contributed by atoms with Gasteiger partial charge in [0.1, 0.15) is 6.54 Å². The summed E-state index contributed by atoms with van der Waals surface area (Å²) in [4.78, 5) is 0.